The lowest BCUT2D eigenvalue weighted by Gasteiger charge is -2.08. The fourth-order valence-corrected chi connectivity index (χ4v) is 2.24. The number of amides is 1. The number of carbonyl (C=O) groups excluding carboxylic acids is 2. The molecule has 1 amide bonds. The normalized spacial score (nSPS) is 10.8. The summed E-state index contributed by atoms with van der Waals surface area (Å²) in [5, 5.41) is 2.70. The predicted octanol–water partition coefficient (Wildman–Crippen LogP) is 4.01. The second kappa shape index (κ2) is 9.42. The minimum absolute atomic E-state index is 0.340. The molecule has 2 aromatic carbocycles. The Labute approximate surface area is 153 Å². The molecule has 0 saturated carbocycles. The van der Waals surface area contributed by atoms with Gasteiger partial charge in [-0.3, -0.25) is 4.79 Å². The van der Waals surface area contributed by atoms with Crippen LogP contribution < -0.4 is 10.1 Å². The van der Waals surface area contributed by atoms with Gasteiger partial charge in [-0.25, -0.2) is 4.79 Å². The molecular formula is C21H23NO4. The number of nitrogens with one attached hydrogen (secondary N) is 1. The Morgan fingerprint density at radius 3 is 2.50 bits per heavy atom. The maximum atomic E-state index is 11.9. The fraction of sp³-hybridized carbons (Fsp3) is 0.238. The zero-order chi connectivity index (χ0) is 18.9. The Morgan fingerprint density at radius 2 is 1.85 bits per heavy atom. The number of anilines is 1. The summed E-state index contributed by atoms with van der Waals surface area (Å²) in [7, 11) is 1.58. The highest BCUT2D eigenvalue weighted by Gasteiger charge is 2.06. The predicted molar refractivity (Wildman–Crippen MR) is 102 cm³/mol. The van der Waals surface area contributed by atoms with Crippen LogP contribution in [0.5, 0.6) is 5.75 Å². The molecule has 1 N–H and O–H groups in total. The standard InChI is InChI=1S/C21H23NO4/c1-15(2)17-8-10-18(11-9-17)22-20(23)14-26-21(24)12-7-16-5-4-6-19(13-16)25-3/h4-13,15H,14H2,1-3H3,(H,22,23). The summed E-state index contributed by atoms with van der Waals surface area (Å²) in [5.74, 6) is 0.156. The van der Waals surface area contributed by atoms with Crippen molar-refractivity contribution in [1.82, 2.24) is 0 Å². The first-order chi connectivity index (χ1) is 12.5. The summed E-state index contributed by atoms with van der Waals surface area (Å²) in [4.78, 5) is 23.6. The number of carbonyl (C=O) groups is 2. The SMILES string of the molecule is COc1cccc(C=CC(=O)OCC(=O)Nc2ccc(C(C)C)cc2)c1. The van der Waals surface area contributed by atoms with E-state index in [1.54, 1.807) is 19.3 Å². The monoisotopic (exact) mass is 353 g/mol. The first kappa shape index (κ1) is 19.2. The van der Waals surface area contributed by atoms with E-state index in [2.05, 4.69) is 19.2 Å². The lowest BCUT2D eigenvalue weighted by Crippen LogP contribution is -2.20. The Balaban J connectivity index is 1.80. The molecule has 0 spiro atoms. The molecule has 26 heavy (non-hydrogen) atoms. The van der Waals surface area contributed by atoms with Crippen LogP contribution in [0.4, 0.5) is 5.69 Å². The molecule has 2 rings (SSSR count). The lowest BCUT2D eigenvalue weighted by atomic mass is 10.0. The van der Waals surface area contributed by atoms with E-state index in [0.29, 0.717) is 17.4 Å². The molecule has 0 aliphatic rings. The summed E-state index contributed by atoms with van der Waals surface area (Å²) >= 11 is 0. The quantitative estimate of drug-likeness (QED) is 0.603. The van der Waals surface area contributed by atoms with Gasteiger partial charge < -0.3 is 14.8 Å². The molecule has 0 aliphatic carbocycles. The van der Waals surface area contributed by atoms with Crippen molar-refractivity contribution in [3.8, 4) is 5.75 Å². The number of hydrogen-bond donors (Lipinski definition) is 1. The molecule has 0 heterocycles. The van der Waals surface area contributed by atoms with Crippen molar-refractivity contribution in [2.75, 3.05) is 19.0 Å². The van der Waals surface area contributed by atoms with E-state index in [4.69, 9.17) is 9.47 Å². The molecule has 5 nitrogen and oxygen atoms in total. The second-order valence-electron chi connectivity index (χ2n) is 6.04. The van der Waals surface area contributed by atoms with Gasteiger partial charge >= 0.3 is 5.97 Å². The maximum Gasteiger partial charge on any atom is 0.331 e. The van der Waals surface area contributed by atoms with Gasteiger partial charge in [0.15, 0.2) is 6.61 Å². The first-order valence-electron chi connectivity index (χ1n) is 8.36. The van der Waals surface area contributed by atoms with Crippen LogP contribution in [0.2, 0.25) is 0 Å². The van der Waals surface area contributed by atoms with Crippen LogP contribution in [-0.2, 0) is 14.3 Å². The molecule has 136 valence electrons. The number of ether oxygens (including phenoxy) is 2. The zero-order valence-electron chi connectivity index (χ0n) is 15.2. The van der Waals surface area contributed by atoms with Crippen LogP contribution in [0.3, 0.4) is 0 Å². The largest absolute Gasteiger partial charge is 0.497 e. The number of rotatable bonds is 7. The minimum Gasteiger partial charge on any atom is -0.497 e. The van der Waals surface area contributed by atoms with E-state index >= 15 is 0 Å². The summed E-state index contributed by atoms with van der Waals surface area (Å²) in [6.07, 6.45) is 2.88. The summed E-state index contributed by atoms with van der Waals surface area (Å²) in [6, 6.07) is 14.8. The molecule has 0 radical (unpaired) electrons. The highest BCUT2D eigenvalue weighted by Crippen LogP contribution is 2.17. The highest BCUT2D eigenvalue weighted by molar-refractivity contribution is 5.94. The molecule has 0 saturated heterocycles. The van der Waals surface area contributed by atoms with Crippen LogP contribution in [0.25, 0.3) is 6.08 Å². The fourth-order valence-electron chi connectivity index (χ4n) is 2.24. The van der Waals surface area contributed by atoms with Crippen molar-refractivity contribution in [2.24, 2.45) is 0 Å². The number of methoxy groups -OCH3 is 1. The topological polar surface area (TPSA) is 64.6 Å². The smallest absolute Gasteiger partial charge is 0.331 e. The Hall–Kier alpha value is -3.08. The summed E-state index contributed by atoms with van der Waals surface area (Å²) < 4.78 is 10.1. The van der Waals surface area contributed by atoms with Gasteiger partial charge in [0.1, 0.15) is 5.75 Å². The molecule has 0 aliphatic heterocycles. The molecule has 2 aromatic rings. The van der Waals surface area contributed by atoms with Gasteiger partial charge in [-0.05, 0) is 47.4 Å². The van der Waals surface area contributed by atoms with Crippen molar-refractivity contribution < 1.29 is 19.1 Å². The Kier molecular flexibility index (Phi) is 6.97. The molecule has 0 aromatic heterocycles. The van der Waals surface area contributed by atoms with Crippen LogP contribution in [0.15, 0.2) is 54.6 Å². The van der Waals surface area contributed by atoms with E-state index < -0.39 is 5.97 Å². The van der Waals surface area contributed by atoms with Crippen LogP contribution in [-0.4, -0.2) is 25.6 Å². The molecular weight excluding hydrogens is 330 g/mol. The number of hydrogen-bond acceptors (Lipinski definition) is 4. The average Bonchev–Trinajstić information content (AvgIpc) is 2.65. The van der Waals surface area contributed by atoms with Gasteiger partial charge in [-0.2, -0.15) is 0 Å². The van der Waals surface area contributed by atoms with Gasteiger partial charge in [0.2, 0.25) is 0 Å². The van der Waals surface area contributed by atoms with Crippen molar-refractivity contribution in [1.29, 1.82) is 0 Å². The third-order valence-corrected chi connectivity index (χ3v) is 3.71. The molecule has 0 atom stereocenters. The van der Waals surface area contributed by atoms with Crippen molar-refractivity contribution >= 4 is 23.6 Å². The van der Waals surface area contributed by atoms with E-state index in [1.165, 1.54) is 11.6 Å². The maximum absolute atomic E-state index is 11.9. The third kappa shape index (κ3) is 6.09. The van der Waals surface area contributed by atoms with E-state index in [9.17, 15) is 9.59 Å². The number of esters is 1. The van der Waals surface area contributed by atoms with Gasteiger partial charge in [-0.1, -0.05) is 38.1 Å². The molecule has 5 heteroatoms. The van der Waals surface area contributed by atoms with Crippen LogP contribution in [0.1, 0.15) is 30.9 Å². The van der Waals surface area contributed by atoms with Crippen LogP contribution >= 0.6 is 0 Å². The summed E-state index contributed by atoms with van der Waals surface area (Å²) in [6.45, 7) is 3.87. The van der Waals surface area contributed by atoms with Gasteiger partial charge in [-0.15, -0.1) is 0 Å². The van der Waals surface area contributed by atoms with Crippen molar-refractivity contribution in [3.05, 3.63) is 65.7 Å². The zero-order valence-corrected chi connectivity index (χ0v) is 15.2. The second-order valence-corrected chi connectivity index (χ2v) is 6.04. The third-order valence-electron chi connectivity index (χ3n) is 3.71. The first-order valence-corrected chi connectivity index (χ1v) is 8.36. The molecule has 0 fully saturated rings. The van der Waals surface area contributed by atoms with Crippen LogP contribution in [0, 0.1) is 0 Å². The minimum atomic E-state index is -0.585. The highest BCUT2D eigenvalue weighted by atomic mass is 16.5. The Morgan fingerprint density at radius 1 is 1.12 bits per heavy atom. The van der Waals surface area contributed by atoms with Gasteiger partial charge in [0.25, 0.3) is 5.91 Å². The van der Waals surface area contributed by atoms with E-state index in [0.717, 1.165) is 5.56 Å². The van der Waals surface area contributed by atoms with E-state index in [1.807, 2.05) is 42.5 Å². The molecule has 0 unspecified atom stereocenters. The van der Waals surface area contributed by atoms with Gasteiger partial charge in [0, 0.05) is 11.8 Å². The lowest BCUT2D eigenvalue weighted by molar-refractivity contribution is -0.142. The van der Waals surface area contributed by atoms with Crippen molar-refractivity contribution in [3.63, 3.8) is 0 Å². The van der Waals surface area contributed by atoms with E-state index in [-0.39, 0.29) is 12.5 Å². The van der Waals surface area contributed by atoms with Gasteiger partial charge in [0.05, 0.1) is 7.11 Å². The Bertz CT molecular complexity index is 779. The summed E-state index contributed by atoms with van der Waals surface area (Å²) in [5.41, 5.74) is 2.66. The number of benzene rings is 2. The van der Waals surface area contributed by atoms with Crippen molar-refractivity contribution in [2.45, 2.75) is 19.8 Å². The average molecular weight is 353 g/mol. The molecule has 0 bridgehead atoms.